The molecule has 0 saturated heterocycles. The Balaban J connectivity index is 2.52. The Morgan fingerprint density at radius 1 is 1.50 bits per heavy atom. The molecule has 0 aromatic heterocycles. The maximum Gasteiger partial charge on any atom is 0.337 e. The van der Waals surface area contributed by atoms with E-state index in [1.807, 2.05) is 6.07 Å². The van der Waals surface area contributed by atoms with Gasteiger partial charge in [0, 0.05) is 21.7 Å². The van der Waals surface area contributed by atoms with Gasteiger partial charge in [0.2, 0.25) is 0 Å². The second-order valence-electron chi connectivity index (χ2n) is 3.84. The number of hydrogen-bond acceptors (Lipinski definition) is 4. The van der Waals surface area contributed by atoms with E-state index >= 15 is 0 Å². The number of aryl methyl sites for hydroxylation is 1. The van der Waals surface area contributed by atoms with Crippen LogP contribution in [0.2, 0.25) is 0 Å². The number of carbonyl (C=O) groups excluding carboxylic acids is 1. The monoisotopic (exact) mass is 239 g/mol. The first-order chi connectivity index (χ1) is 7.52. The van der Waals surface area contributed by atoms with Gasteiger partial charge < -0.3 is 4.74 Å². The van der Waals surface area contributed by atoms with Crippen LogP contribution in [0, 0.1) is 0 Å². The summed E-state index contributed by atoms with van der Waals surface area (Å²) in [7, 11) is -0.787. The largest absolute Gasteiger partial charge is 0.465 e. The van der Waals surface area contributed by atoms with Crippen LogP contribution in [0.5, 0.6) is 0 Å². The molecule has 16 heavy (non-hydrogen) atoms. The molecule has 0 radical (unpaired) electrons. The predicted molar refractivity (Wildman–Crippen MR) is 62.5 cm³/mol. The van der Waals surface area contributed by atoms with Crippen molar-refractivity contribution in [1.82, 2.24) is 0 Å². The highest BCUT2D eigenvalue weighted by Crippen LogP contribution is 2.27. The second-order valence-corrected chi connectivity index (χ2v) is 6.35. The van der Waals surface area contributed by atoms with Gasteiger partial charge in [-0.1, -0.05) is 6.07 Å². The summed E-state index contributed by atoms with van der Waals surface area (Å²) >= 11 is 0. The minimum atomic E-state index is -2.12. The Bertz CT molecular complexity index is 556. The first-order valence-corrected chi connectivity index (χ1v) is 7.02. The molecule has 86 valence electrons. The van der Waals surface area contributed by atoms with Gasteiger partial charge in [0.1, 0.15) is 0 Å². The first-order valence-electron chi connectivity index (χ1n) is 4.93. The fourth-order valence-electron chi connectivity index (χ4n) is 1.66. The highest BCUT2D eigenvalue weighted by Gasteiger charge is 2.16. The molecule has 0 saturated carbocycles. The van der Waals surface area contributed by atoms with Crippen molar-refractivity contribution >= 4 is 21.4 Å². The Morgan fingerprint density at radius 2 is 2.25 bits per heavy atom. The van der Waals surface area contributed by atoms with E-state index in [0.717, 1.165) is 12.0 Å². The molecule has 0 N–H and O–H groups in total. The van der Waals surface area contributed by atoms with E-state index in [-0.39, 0.29) is 0 Å². The lowest BCUT2D eigenvalue weighted by Gasteiger charge is -2.14. The van der Waals surface area contributed by atoms with Crippen LogP contribution in [0.3, 0.4) is 0 Å². The summed E-state index contributed by atoms with van der Waals surface area (Å²) < 4.78 is 20.6. The number of rotatable bonds is 1. The van der Waals surface area contributed by atoms with Gasteiger partial charge in [-0.2, -0.15) is 4.36 Å². The summed E-state index contributed by atoms with van der Waals surface area (Å²) in [6.07, 6.45) is 2.39. The Morgan fingerprint density at radius 3 is 2.94 bits per heavy atom. The zero-order valence-corrected chi connectivity index (χ0v) is 10.0. The molecule has 1 aromatic carbocycles. The third-order valence-corrected chi connectivity index (χ3v) is 4.09. The Kier molecular flexibility index (Phi) is 2.71. The van der Waals surface area contributed by atoms with E-state index in [9.17, 15) is 9.00 Å². The van der Waals surface area contributed by atoms with Crippen molar-refractivity contribution in [2.75, 3.05) is 19.1 Å². The lowest BCUT2D eigenvalue weighted by molar-refractivity contribution is 0.0601. The summed E-state index contributed by atoms with van der Waals surface area (Å²) in [6.45, 7) is 0. The average molecular weight is 239 g/mol. The van der Waals surface area contributed by atoms with Crippen LogP contribution >= 0.6 is 0 Å². The summed E-state index contributed by atoms with van der Waals surface area (Å²) in [5.41, 5.74) is 2.14. The van der Waals surface area contributed by atoms with Crippen LogP contribution in [0.25, 0.3) is 0 Å². The molecule has 1 heterocycles. The van der Waals surface area contributed by atoms with Gasteiger partial charge in [-0.25, -0.2) is 9.00 Å². The summed E-state index contributed by atoms with van der Waals surface area (Å²) in [5.74, 6) is 0.184. The third kappa shape index (κ3) is 2.09. The predicted octanol–water partition coefficient (Wildman–Crippen LogP) is 1.76. The summed E-state index contributed by atoms with van der Waals surface area (Å²) in [6, 6.07) is 5.20. The topological polar surface area (TPSA) is 55.7 Å². The molecule has 0 spiro atoms. The standard InChI is InChI=1S/C11H13NO3S/c1-15-11(13)9-4-3-8-5-6-16(2,14)12-10(8)7-9/h3-4,7H,5-6H2,1-2H3. The van der Waals surface area contributed by atoms with Gasteiger partial charge in [-0.05, 0) is 24.1 Å². The zero-order chi connectivity index (χ0) is 11.8. The number of benzene rings is 1. The molecular formula is C11H13NO3S. The van der Waals surface area contributed by atoms with Gasteiger partial charge in [-0.15, -0.1) is 0 Å². The number of hydrogen-bond donors (Lipinski definition) is 0. The van der Waals surface area contributed by atoms with E-state index in [4.69, 9.17) is 0 Å². The quantitative estimate of drug-likeness (QED) is 0.702. The highest BCUT2D eigenvalue weighted by atomic mass is 32.2. The first kappa shape index (κ1) is 11.1. The number of carbonyl (C=O) groups is 1. The van der Waals surface area contributed by atoms with Gasteiger partial charge >= 0.3 is 5.97 Å². The van der Waals surface area contributed by atoms with Crippen molar-refractivity contribution in [2.24, 2.45) is 4.36 Å². The molecule has 0 bridgehead atoms. The lowest BCUT2D eigenvalue weighted by Crippen LogP contribution is -2.11. The second kappa shape index (κ2) is 3.90. The minimum Gasteiger partial charge on any atom is -0.465 e. The van der Waals surface area contributed by atoms with Crippen molar-refractivity contribution in [3.63, 3.8) is 0 Å². The average Bonchev–Trinajstić information content (AvgIpc) is 2.25. The molecule has 5 heteroatoms. The zero-order valence-electron chi connectivity index (χ0n) is 9.23. The minimum absolute atomic E-state index is 0.397. The molecule has 2 rings (SSSR count). The molecule has 1 atom stereocenters. The SMILES string of the molecule is COC(=O)c1ccc2c(c1)N=S(C)(=O)CC2. The number of ether oxygens (including phenoxy) is 1. The fraction of sp³-hybridized carbons (Fsp3) is 0.364. The van der Waals surface area contributed by atoms with Crippen molar-refractivity contribution in [1.29, 1.82) is 0 Å². The van der Waals surface area contributed by atoms with Gasteiger partial charge in [0.25, 0.3) is 0 Å². The van der Waals surface area contributed by atoms with Gasteiger partial charge in [0.15, 0.2) is 0 Å². The van der Waals surface area contributed by atoms with E-state index in [2.05, 4.69) is 9.10 Å². The smallest absolute Gasteiger partial charge is 0.337 e. The number of methoxy groups -OCH3 is 1. The lowest BCUT2D eigenvalue weighted by atomic mass is 10.1. The van der Waals surface area contributed by atoms with E-state index in [1.165, 1.54) is 7.11 Å². The van der Waals surface area contributed by atoms with Crippen LogP contribution in [0.15, 0.2) is 22.6 Å². The maximum absolute atomic E-state index is 11.8. The summed E-state index contributed by atoms with van der Waals surface area (Å²) in [5, 5.41) is 0. The molecule has 1 aromatic rings. The van der Waals surface area contributed by atoms with Crippen molar-refractivity contribution in [3.8, 4) is 0 Å². The van der Waals surface area contributed by atoms with Crippen LogP contribution in [0.4, 0.5) is 5.69 Å². The molecule has 0 aliphatic carbocycles. The molecule has 1 aliphatic heterocycles. The van der Waals surface area contributed by atoms with E-state index < -0.39 is 15.7 Å². The molecule has 1 aliphatic rings. The third-order valence-electron chi connectivity index (χ3n) is 2.55. The number of fused-ring (bicyclic) bond motifs is 1. The normalized spacial score (nSPS) is 23.1. The highest BCUT2D eigenvalue weighted by molar-refractivity contribution is 7.93. The number of nitrogens with zero attached hydrogens (tertiary/aromatic N) is 1. The summed E-state index contributed by atoms with van der Waals surface area (Å²) in [4.78, 5) is 11.3. The maximum atomic E-state index is 11.8. The van der Waals surface area contributed by atoms with Crippen molar-refractivity contribution < 1.29 is 13.7 Å². The van der Waals surface area contributed by atoms with Crippen LogP contribution in [-0.2, 0) is 20.9 Å². The molecular weight excluding hydrogens is 226 g/mol. The van der Waals surface area contributed by atoms with E-state index in [0.29, 0.717) is 17.0 Å². The van der Waals surface area contributed by atoms with Crippen molar-refractivity contribution in [2.45, 2.75) is 6.42 Å². The molecule has 0 amide bonds. The molecule has 1 unspecified atom stereocenters. The fourth-order valence-corrected chi connectivity index (χ4v) is 2.93. The molecule has 0 fully saturated rings. The van der Waals surface area contributed by atoms with Crippen LogP contribution in [-0.4, -0.2) is 29.3 Å². The van der Waals surface area contributed by atoms with E-state index in [1.54, 1.807) is 18.4 Å². The Hall–Kier alpha value is -1.36. The van der Waals surface area contributed by atoms with Crippen LogP contribution in [0.1, 0.15) is 15.9 Å². The number of esters is 1. The van der Waals surface area contributed by atoms with Gasteiger partial charge in [0.05, 0.1) is 18.4 Å². The van der Waals surface area contributed by atoms with Crippen molar-refractivity contribution in [3.05, 3.63) is 29.3 Å². The van der Waals surface area contributed by atoms with Crippen LogP contribution < -0.4 is 0 Å². The van der Waals surface area contributed by atoms with Gasteiger partial charge in [-0.3, -0.25) is 0 Å². The molecule has 4 nitrogen and oxygen atoms in total. The Labute approximate surface area is 94.8 Å².